The summed E-state index contributed by atoms with van der Waals surface area (Å²) in [6.07, 6.45) is 0.244. The first-order valence-electron chi connectivity index (χ1n) is 9.16. The summed E-state index contributed by atoms with van der Waals surface area (Å²) >= 11 is 0. The summed E-state index contributed by atoms with van der Waals surface area (Å²) in [7, 11) is -1.95. The molecule has 144 valence electrons. The van der Waals surface area contributed by atoms with Crippen LogP contribution in [0.3, 0.4) is 0 Å². The molecule has 4 atom stereocenters. The number of fused-ring (bicyclic) bond motifs is 1. The van der Waals surface area contributed by atoms with Crippen molar-refractivity contribution >= 4 is 20.3 Å². The largest absolute Gasteiger partial charge is 0.461 e. The Morgan fingerprint density at radius 1 is 1.24 bits per heavy atom. The summed E-state index contributed by atoms with van der Waals surface area (Å²) in [4.78, 5) is 24.3. The molecule has 0 amide bonds. The normalized spacial score (nSPS) is 32.7. The Morgan fingerprint density at radius 2 is 1.80 bits per heavy atom. The van der Waals surface area contributed by atoms with Gasteiger partial charge in [0.25, 0.3) is 0 Å². The first kappa shape index (κ1) is 20.4. The lowest BCUT2D eigenvalue weighted by atomic mass is 9.58. The molecule has 0 aromatic rings. The maximum atomic E-state index is 12.2. The zero-order valence-electron chi connectivity index (χ0n) is 17.2. The average Bonchev–Trinajstić information content (AvgIpc) is 2.61. The highest BCUT2D eigenvalue weighted by molar-refractivity contribution is 6.74. The fourth-order valence-electron chi connectivity index (χ4n) is 3.21. The second-order valence-corrected chi connectivity index (χ2v) is 15.1. The van der Waals surface area contributed by atoms with Crippen LogP contribution in [0.1, 0.15) is 54.9 Å². The quantitative estimate of drug-likeness (QED) is 0.554. The topological polar surface area (TPSA) is 61.8 Å². The van der Waals surface area contributed by atoms with E-state index < -0.39 is 25.3 Å². The lowest BCUT2D eigenvalue weighted by Gasteiger charge is -2.53. The van der Waals surface area contributed by atoms with E-state index in [1.807, 2.05) is 27.7 Å². The molecule has 1 aliphatic heterocycles. The molecule has 5 nitrogen and oxygen atoms in total. The van der Waals surface area contributed by atoms with Crippen LogP contribution in [0.4, 0.5) is 0 Å². The molecule has 0 aromatic carbocycles. The number of hydrogen-bond acceptors (Lipinski definition) is 5. The molecule has 25 heavy (non-hydrogen) atoms. The van der Waals surface area contributed by atoms with E-state index in [1.54, 1.807) is 0 Å². The van der Waals surface area contributed by atoms with Crippen molar-refractivity contribution in [3.05, 3.63) is 0 Å². The van der Waals surface area contributed by atoms with Crippen LogP contribution in [0.5, 0.6) is 0 Å². The lowest BCUT2D eigenvalue weighted by Crippen LogP contribution is -2.61. The van der Waals surface area contributed by atoms with E-state index in [4.69, 9.17) is 13.9 Å². The Hall–Kier alpha value is -0.883. The SMILES string of the molecule is CC(C)(C)C(=O)OC[C@H]1OC(=O)[C@@H]2C[C@H](O[Si](C)(C)C(C)(C)C)[C@]12C. The zero-order chi connectivity index (χ0) is 19.4. The van der Waals surface area contributed by atoms with Crippen molar-refractivity contribution in [2.45, 2.75) is 85.2 Å². The highest BCUT2D eigenvalue weighted by Gasteiger charge is 2.67. The third-order valence-electron chi connectivity index (χ3n) is 6.35. The fraction of sp³-hybridized carbons (Fsp3) is 0.895. The minimum Gasteiger partial charge on any atom is -0.461 e. The molecule has 1 saturated carbocycles. The Kier molecular flexibility index (Phi) is 4.97. The molecule has 2 fully saturated rings. The van der Waals surface area contributed by atoms with Crippen LogP contribution in [0.2, 0.25) is 18.1 Å². The van der Waals surface area contributed by atoms with Crippen molar-refractivity contribution < 1.29 is 23.5 Å². The summed E-state index contributed by atoms with van der Waals surface area (Å²) in [6, 6.07) is 0. The number of hydrogen-bond donors (Lipinski definition) is 0. The van der Waals surface area contributed by atoms with Gasteiger partial charge in [-0.05, 0) is 45.3 Å². The van der Waals surface area contributed by atoms with Gasteiger partial charge in [0, 0.05) is 5.41 Å². The smallest absolute Gasteiger partial charge is 0.311 e. The van der Waals surface area contributed by atoms with Crippen LogP contribution in [0, 0.1) is 16.7 Å². The molecule has 1 heterocycles. The van der Waals surface area contributed by atoms with E-state index in [0.717, 1.165) is 0 Å². The van der Waals surface area contributed by atoms with Gasteiger partial charge < -0.3 is 13.9 Å². The van der Waals surface area contributed by atoms with E-state index in [0.29, 0.717) is 6.42 Å². The third kappa shape index (κ3) is 3.52. The lowest BCUT2D eigenvalue weighted by molar-refractivity contribution is -0.164. The van der Waals surface area contributed by atoms with Crippen LogP contribution >= 0.6 is 0 Å². The first-order valence-corrected chi connectivity index (χ1v) is 12.1. The Morgan fingerprint density at radius 3 is 2.28 bits per heavy atom. The summed E-state index contributed by atoms with van der Waals surface area (Å²) in [5, 5.41) is 0.103. The molecule has 0 unspecified atom stereocenters. The molecule has 1 aliphatic carbocycles. The Labute approximate surface area is 152 Å². The van der Waals surface area contributed by atoms with Crippen molar-refractivity contribution in [1.82, 2.24) is 0 Å². The standard InChI is InChI=1S/C19H34O5Si/c1-17(2,3)16(21)22-11-14-19(7)12(15(20)23-14)10-13(19)24-25(8,9)18(4,5)6/h12-14H,10-11H2,1-9H3/t12-,13-,14+,19+/m0/s1. The van der Waals surface area contributed by atoms with Gasteiger partial charge in [-0.3, -0.25) is 9.59 Å². The van der Waals surface area contributed by atoms with Crippen molar-refractivity contribution in [1.29, 1.82) is 0 Å². The fourth-order valence-corrected chi connectivity index (χ4v) is 4.62. The van der Waals surface area contributed by atoms with Gasteiger partial charge in [-0.25, -0.2) is 0 Å². The molecule has 0 bridgehead atoms. The second kappa shape index (κ2) is 6.08. The molecule has 0 spiro atoms. The average molecular weight is 371 g/mol. The zero-order valence-corrected chi connectivity index (χ0v) is 18.2. The maximum absolute atomic E-state index is 12.2. The van der Waals surface area contributed by atoms with Gasteiger partial charge in [-0.2, -0.15) is 0 Å². The van der Waals surface area contributed by atoms with Gasteiger partial charge in [-0.1, -0.05) is 27.7 Å². The molecule has 0 aromatic heterocycles. The first-order chi connectivity index (χ1) is 11.1. The minimum atomic E-state index is -1.95. The Balaban J connectivity index is 2.10. The van der Waals surface area contributed by atoms with Gasteiger partial charge in [0.2, 0.25) is 0 Å². The molecule has 0 radical (unpaired) electrons. The van der Waals surface area contributed by atoms with Crippen LogP contribution in [-0.4, -0.2) is 39.1 Å². The van der Waals surface area contributed by atoms with E-state index in [-0.39, 0.29) is 35.6 Å². The van der Waals surface area contributed by atoms with Gasteiger partial charge in [0.05, 0.1) is 17.4 Å². The van der Waals surface area contributed by atoms with Gasteiger partial charge in [-0.15, -0.1) is 0 Å². The molecule has 1 saturated heterocycles. The molecule has 0 N–H and O–H groups in total. The van der Waals surface area contributed by atoms with Crippen molar-refractivity contribution in [3.8, 4) is 0 Å². The number of cyclic esters (lactones) is 1. The monoisotopic (exact) mass is 370 g/mol. The summed E-state index contributed by atoms with van der Waals surface area (Å²) in [6.45, 7) is 18.6. The number of carbonyl (C=O) groups excluding carboxylic acids is 2. The van der Waals surface area contributed by atoms with E-state index >= 15 is 0 Å². The molecule has 6 heteroatoms. The Bertz CT molecular complexity index is 557. The van der Waals surface area contributed by atoms with Gasteiger partial charge >= 0.3 is 11.9 Å². The number of ether oxygens (including phenoxy) is 2. The number of carbonyl (C=O) groups is 2. The minimum absolute atomic E-state index is 0.0248. The van der Waals surface area contributed by atoms with E-state index in [1.165, 1.54) is 0 Å². The van der Waals surface area contributed by atoms with Crippen LogP contribution in [0.25, 0.3) is 0 Å². The van der Waals surface area contributed by atoms with Crippen LogP contribution < -0.4 is 0 Å². The van der Waals surface area contributed by atoms with Crippen molar-refractivity contribution in [2.75, 3.05) is 6.61 Å². The van der Waals surface area contributed by atoms with E-state index in [9.17, 15) is 9.59 Å². The van der Waals surface area contributed by atoms with Gasteiger partial charge in [0.15, 0.2) is 8.32 Å². The summed E-state index contributed by atoms with van der Waals surface area (Å²) < 4.78 is 17.6. The highest BCUT2D eigenvalue weighted by atomic mass is 28.4. The van der Waals surface area contributed by atoms with Crippen LogP contribution in [-0.2, 0) is 23.5 Å². The number of esters is 2. The summed E-state index contributed by atoms with van der Waals surface area (Å²) in [5.41, 5.74) is -0.982. The summed E-state index contributed by atoms with van der Waals surface area (Å²) in [5.74, 6) is -0.619. The second-order valence-electron chi connectivity index (χ2n) is 10.3. The predicted molar refractivity (Wildman–Crippen MR) is 98.6 cm³/mol. The molecular formula is C19H34O5Si. The highest BCUT2D eigenvalue weighted by Crippen LogP contribution is 2.58. The third-order valence-corrected chi connectivity index (χ3v) is 10.8. The van der Waals surface area contributed by atoms with Crippen molar-refractivity contribution in [2.24, 2.45) is 16.7 Å². The molecular weight excluding hydrogens is 336 g/mol. The van der Waals surface area contributed by atoms with E-state index in [2.05, 4.69) is 33.9 Å². The van der Waals surface area contributed by atoms with Crippen LogP contribution in [0.15, 0.2) is 0 Å². The molecule has 2 aliphatic rings. The van der Waals surface area contributed by atoms with Gasteiger partial charge in [0.1, 0.15) is 12.7 Å². The molecule has 2 rings (SSSR count). The maximum Gasteiger partial charge on any atom is 0.311 e. The van der Waals surface area contributed by atoms with Crippen molar-refractivity contribution in [3.63, 3.8) is 0 Å². The number of rotatable bonds is 4. The predicted octanol–water partition coefficient (Wildman–Crippen LogP) is 3.92.